The SMILES string of the molecule is CCn1c2ccccc2c2cc(C=NN3CCN(Cc4ccc(C)cc4C)CC3)ccc21. The van der Waals surface area contributed by atoms with Gasteiger partial charge in [-0.25, -0.2) is 0 Å². The summed E-state index contributed by atoms with van der Waals surface area (Å²) < 4.78 is 2.39. The van der Waals surface area contributed by atoms with Crippen LogP contribution in [0.15, 0.2) is 65.8 Å². The Hall–Kier alpha value is -3.11. The highest BCUT2D eigenvalue weighted by Crippen LogP contribution is 2.29. The van der Waals surface area contributed by atoms with Gasteiger partial charge >= 0.3 is 0 Å². The number of rotatable bonds is 5. The van der Waals surface area contributed by atoms with Gasteiger partial charge in [-0.1, -0.05) is 48.0 Å². The molecule has 0 N–H and O–H groups in total. The molecule has 4 heteroatoms. The Morgan fingerprint density at radius 3 is 2.41 bits per heavy atom. The van der Waals surface area contributed by atoms with E-state index in [-0.39, 0.29) is 0 Å². The standard InChI is InChI=1S/C28H32N4/c1-4-32-27-8-6-5-7-25(27)26-18-23(10-12-28(26)32)19-29-31-15-13-30(14-16-31)20-24-11-9-21(2)17-22(24)3/h5-12,17-19H,4,13-16,20H2,1-3H3. The van der Waals surface area contributed by atoms with Gasteiger partial charge in [0.15, 0.2) is 0 Å². The summed E-state index contributed by atoms with van der Waals surface area (Å²) in [5, 5.41) is 9.65. The van der Waals surface area contributed by atoms with E-state index in [1.807, 2.05) is 6.21 Å². The molecule has 4 aromatic rings. The van der Waals surface area contributed by atoms with Gasteiger partial charge in [0, 0.05) is 61.1 Å². The molecule has 0 spiro atoms. The van der Waals surface area contributed by atoms with Crippen LogP contribution >= 0.6 is 0 Å². The lowest BCUT2D eigenvalue weighted by atomic mass is 10.1. The third kappa shape index (κ3) is 4.03. The highest BCUT2D eigenvalue weighted by molar-refractivity contribution is 6.09. The van der Waals surface area contributed by atoms with Gasteiger partial charge in [-0.3, -0.25) is 9.91 Å². The average Bonchev–Trinajstić information content (AvgIpc) is 3.13. The smallest absolute Gasteiger partial charge is 0.0543 e. The minimum absolute atomic E-state index is 0.971. The molecule has 0 unspecified atom stereocenters. The molecule has 1 aliphatic heterocycles. The van der Waals surface area contributed by atoms with Crippen molar-refractivity contribution in [1.82, 2.24) is 14.5 Å². The van der Waals surface area contributed by atoms with Gasteiger partial charge in [-0.2, -0.15) is 5.10 Å². The quantitative estimate of drug-likeness (QED) is 0.390. The van der Waals surface area contributed by atoms with E-state index in [4.69, 9.17) is 5.10 Å². The van der Waals surface area contributed by atoms with E-state index >= 15 is 0 Å². The summed E-state index contributed by atoms with van der Waals surface area (Å²) in [5.41, 5.74) is 7.93. The number of nitrogens with zero attached hydrogens (tertiary/aromatic N) is 4. The molecule has 0 saturated carbocycles. The fourth-order valence-electron chi connectivity index (χ4n) is 4.92. The number of aryl methyl sites for hydroxylation is 3. The summed E-state index contributed by atoms with van der Waals surface area (Å²) in [5.74, 6) is 0. The fraction of sp³-hybridized carbons (Fsp3) is 0.321. The van der Waals surface area contributed by atoms with E-state index in [9.17, 15) is 0 Å². The lowest BCUT2D eigenvalue weighted by Crippen LogP contribution is -2.43. The van der Waals surface area contributed by atoms with Gasteiger partial charge in [0.05, 0.1) is 6.21 Å². The number of hydrogen-bond donors (Lipinski definition) is 0. The zero-order chi connectivity index (χ0) is 22.1. The number of benzene rings is 3. The van der Waals surface area contributed by atoms with E-state index in [1.54, 1.807) is 0 Å². The molecule has 4 nitrogen and oxygen atoms in total. The summed E-state index contributed by atoms with van der Waals surface area (Å²) >= 11 is 0. The van der Waals surface area contributed by atoms with Crippen LogP contribution in [0.5, 0.6) is 0 Å². The molecule has 0 bridgehead atoms. The Morgan fingerprint density at radius 1 is 0.844 bits per heavy atom. The monoisotopic (exact) mass is 424 g/mol. The topological polar surface area (TPSA) is 23.8 Å². The highest BCUT2D eigenvalue weighted by Gasteiger charge is 2.16. The third-order valence-electron chi connectivity index (χ3n) is 6.72. The second kappa shape index (κ2) is 8.79. The Balaban J connectivity index is 1.26. The second-order valence-electron chi connectivity index (χ2n) is 8.94. The summed E-state index contributed by atoms with van der Waals surface area (Å²) in [7, 11) is 0. The van der Waals surface area contributed by atoms with Gasteiger partial charge in [-0.05, 0) is 55.7 Å². The Kier molecular flexibility index (Phi) is 5.71. The van der Waals surface area contributed by atoms with Crippen molar-refractivity contribution in [2.24, 2.45) is 5.10 Å². The van der Waals surface area contributed by atoms with Crippen molar-refractivity contribution in [3.8, 4) is 0 Å². The first kappa shape index (κ1) is 20.8. The maximum atomic E-state index is 4.81. The Bertz CT molecular complexity index is 1280. The van der Waals surface area contributed by atoms with Gasteiger partial charge in [0.1, 0.15) is 0 Å². The molecular formula is C28H32N4. The second-order valence-corrected chi connectivity index (χ2v) is 8.94. The predicted octanol–water partition coefficient (Wildman–Crippen LogP) is 5.58. The van der Waals surface area contributed by atoms with Crippen molar-refractivity contribution in [3.63, 3.8) is 0 Å². The number of piperazine rings is 1. The van der Waals surface area contributed by atoms with E-state index in [2.05, 4.69) is 95.9 Å². The highest BCUT2D eigenvalue weighted by atomic mass is 15.5. The maximum absolute atomic E-state index is 4.81. The van der Waals surface area contributed by atoms with Crippen LogP contribution in [-0.2, 0) is 13.1 Å². The molecule has 1 fully saturated rings. The number of aromatic nitrogens is 1. The minimum Gasteiger partial charge on any atom is -0.341 e. The summed E-state index contributed by atoms with van der Waals surface area (Å²) in [6.45, 7) is 12.6. The lowest BCUT2D eigenvalue weighted by molar-refractivity contribution is 0.131. The summed E-state index contributed by atoms with van der Waals surface area (Å²) in [4.78, 5) is 2.54. The summed E-state index contributed by atoms with van der Waals surface area (Å²) in [6.07, 6.45) is 2.03. The molecule has 0 amide bonds. The van der Waals surface area contributed by atoms with Crippen LogP contribution in [0, 0.1) is 13.8 Å². The molecule has 5 rings (SSSR count). The number of para-hydroxylation sites is 1. The van der Waals surface area contributed by atoms with Crippen molar-refractivity contribution in [2.45, 2.75) is 33.9 Å². The third-order valence-corrected chi connectivity index (χ3v) is 6.72. The Morgan fingerprint density at radius 2 is 1.62 bits per heavy atom. The maximum Gasteiger partial charge on any atom is 0.0543 e. The van der Waals surface area contributed by atoms with Gasteiger partial charge < -0.3 is 4.57 Å². The van der Waals surface area contributed by atoms with Crippen LogP contribution in [0.3, 0.4) is 0 Å². The molecule has 32 heavy (non-hydrogen) atoms. The van der Waals surface area contributed by atoms with Crippen molar-refractivity contribution in [1.29, 1.82) is 0 Å². The molecule has 3 aromatic carbocycles. The molecule has 0 aliphatic carbocycles. The first-order chi connectivity index (χ1) is 15.6. The van der Waals surface area contributed by atoms with Crippen molar-refractivity contribution in [2.75, 3.05) is 26.2 Å². The molecule has 1 aliphatic rings. The molecule has 1 aromatic heterocycles. The number of hydrazone groups is 1. The molecular weight excluding hydrogens is 392 g/mol. The fourth-order valence-corrected chi connectivity index (χ4v) is 4.92. The number of hydrogen-bond acceptors (Lipinski definition) is 3. The van der Waals surface area contributed by atoms with Crippen LogP contribution in [0.2, 0.25) is 0 Å². The lowest BCUT2D eigenvalue weighted by Gasteiger charge is -2.33. The zero-order valence-electron chi connectivity index (χ0n) is 19.4. The van der Waals surface area contributed by atoms with E-state index in [1.165, 1.54) is 38.5 Å². The van der Waals surface area contributed by atoms with Crippen LogP contribution < -0.4 is 0 Å². The largest absolute Gasteiger partial charge is 0.341 e. The van der Waals surface area contributed by atoms with Crippen molar-refractivity contribution >= 4 is 28.0 Å². The van der Waals surface area contributed by atoms with Crippen LogP contribution in [-0.4, -0.2) is 46.9 Å². The number of fused-ring (bicyclic) bond motifs is 3. The van der Waals surface area contributed by atoms with Crippen LogP contribution in [0.25, 0.3) is 21.8 Å². The molecule has 2 heterocycles. The first-order valence-corrected chi connectivity index (χ1v) is 11.7. The average molecular weight is 425 g/mol. The predicted molar refractivity (Wildman–Crippen MR) is 135 cm³/mol. The van der Waals surface area contributed by atoms with Crippen molar-refractivity contribution < 1.29 is 0 Å². The molecule has 0 atom stereocenters. The van der Waals surface area contributed by atoms with Crippen molar-refractivity contribution in [3.05, 3.63) is 82.9 Å². The zero-order valence-corrected chi connectivity index (χ0v) is 19.4. The molecule has 164 valence electrons. The molecule has 0 radical (unpaired) electrons. The van der Waals surface area contributed by atoms with Gasteiger partial charge in [0.25, 0.3) is 0 Å². The van der Waals surface area contributed by atoms with Gasteiger partial charge in [-0.15, -0.1) is 0 Å². The van der Waals surface area contributed by atoms with E-state index in [0.717, 1.165) is 44.8 Å². The minimum atomic E-state index is 0.971. The molecule has 1 saturated heterocycles. The van der Waals surface area contributed by atoms with Crippen LogP contribution in [0.1, 0.15) is 29.2 Å². The van der Waals surface area contributed by atoms with Gasteiger partial charge in [0.2, 0.25) is 0 Å². The van der Waals surface area contributed by atoms with E-state index in [0.29, 0.717) is 0 Å². The normalized spacial score (nSPS) is 15.4. The summed E-state index contributed by atoms with van der Waals surface area (Å²) in [6, 6.07) is 22.2. The van der Waals surface area contributed by atoms with Crippen LogP contribution in [0.4, 0.5) is 0 Å². The van der Waals surface area contributed by atoms with E-state index < -0.39 is 0 Å². The Labute approximate surface area is 190 Å². The first-order valence-electron chi connectivity index (χ1n) is 11.7.